The molecular formula is C5H12N2P2. The van der Waals surface area contributed by atoms with Crippen LogP contribution >= 0.6 is 17.2 Å². The van der Waals surface area contributed by atoms with E-state index in [0.717, 1.165) is 0 Å². The van der Waals surface area contributed by atoms with E-state index in [1.54, 1.807) is 0 Å². The highest BCUT2D eigenvalue weighted by Crippen LogP contribution is 2.30. The molecule has 0 aliphatic carbocycles. The molecule has 4 heteroatoms. The molecule has 0 spiro atoms. The van der Waals surface area contributed by atoms with Crippen LogP contribution in [-0.4, -0.2) is 41.6 Å². The largest absolute Gasteiger partial charge is 0.283 e. The molecule has 52 valence electrons. The molecule has 0 aromatic heterocycles. The summed E-state index contributed by atoms with van der Waals surface area (Å²) in [6.45, 7) is 1.26. The Balaban J connectivity index is 1.96. The summed E-state index contributed by atoms with van der Waals surface area (Å²) in [6.07, 6.45) is 5.51. The molecule has 0 radical (unpaired) electrons. The normalized spacial score (nSPS) is 48.0. The zero-order valence-corrected chi connectivity index (χ0v) is 7.43. The summed E-state index contributed by atoms with van der Waals surface area (Å²) < 4.78 is 0. The summed E-state index contributed by atoms with van der Waals surface area (Å²) >= 11 is 0. The maximum Gasteiger partial charge on any atom is 0.0519 e. The first-order chi connectivity index (χ1) is 4.45. The SMILES string of the molecule is C1PCN2CPCN1C2. The van der Waals surface area contributed by atoms with Crippen LogP contribution in [0.5, 0.6) is 0 Å². The Morgan fingerprint density at radius 1 is 0.778 bits per heavy atom. The van der Waals surface area contributed by atoms with E-state index in [2.05, 4.69) is 9.80 Å². The van der Waals surface area contributed by atoms with Gasteiger partial charge in [-0.15, -0.1) is 0 Å². The minimum Gasteiger partial charge on any atom is -0.283 e. The lowest BCUT2D eigenvalue weighted by molar-refractivity contribution is 0.183. The van der Waals surface area contributed by atoms with E-state index in [4.69, 9.17) is 0 Å². The molecule has 0 N–H and O–H groups in total. The number of hydrogen-bond donors (Lipinski definition) is 0. The zero-order chi connectivity index (χ0) is 6.10. The quantitative estimate of drug-likeness (QED) is 0.485. The van der Waals surface area contributed by atoms with Crippen molar-refractivity contribution in [3.8, 4) is 0 Å². The summed E-state index contributed by atoms with van der Waals surface area (Å²) in [6, 6.07) is 0. The van der Waals surface area contributed by atoms with Crippen molar-refractivity contribution in [1.82, 2.24) is 9.80 Å². The predicted octanol–water partition coefficient (Wildman–Crippen LogP) is 0.762. The molecule has 2 heterocycles. The highest BCUT2D eigenvalue weighted by molar-refractivity contribution is 7.39. The highest BCUT2D eigenvalue weighted by atomic mass is 31.1. The molecule has 0 unspecified atom stereocenters. The minimum absolute atomic E-state index is 1.18. The van der Waals surface area contributed by atoms with Crippen molar-refractivity contribution >= 4 is 17.2 Å². The van der Waals surface area contributed by atoms with E-state index >= 15 is 0 Å². The van der Waals surface area contributed by atoms with Gasteiger partial charge < -0.3 is 0 Å². The van der Waals surface area contributed by atoms with Gasteiger partial charge in [-0.05, 0) is 0 Å². The Labute approximate surface area is 59.5 Å². The van der Waals surface area contributed by atoms with Crippen LogP contribution in [0.1, 0.15) is 0 Å². The van der Waals surface area contributed by atoms with Crippen LogP contribution in [0.25, 0.3) is 0 Å². The third-order valence-corrected chi connectivity index (χ3v) is 4.42. The van der Waals surface area contributed by atoms with Crippen LogP contribution in [0, 0.1) is 0 Å². The van der Waals surface area contributed by atoms with E-state index in [1.807, 2.05) is 0 Å². The fraction of sp³-hybridized carbons (Fsp3) is 1.00. The van der Waals surface area contributed by atoms with Gasteiger partial charge in [-0.3, -0.25) is 9.80 Å². The predicted molar refractivity (Wildman–Crippen MR) is 44.6 cm³/mol. The average Bonchev–Trinajstić information content (AvgIpc) is 1.88. The first kappa shape index (κ1) is 6.49. The van der Waals surface area contributed by atoms with E-state index in [9.17, 15) is 0 Å². The average molecular weight is 162 g/mol. The topological polar surface area (TPSA) is 6.48 Å². The Morgan fingerprint density at radius 3 is 1.56 bits per heavy atom. The van der Waals surface area contributed by atoms with Gasteiger partial charge in [0.05, 0.1) is 6.67 Å². The van der Waals surface area contributed by atoms with Gasteiger partial charge in [0.25, 0.3) is 0 Å². The van der Waals surface area contributed by atoms with E-state index in [0.29, 0.717) is 0 Å². The molecule has 2 bridgehead atoms. The van der Waals surface area contributed by atoms with Crippen LogP contribution in [0.3, 0.4) is 0 Å². The van der Waals surface area contributed by atoms with Crippen LogP contribution in [0.2, 0.25) is 0 Å². The van der Waals surface area contributed by atoms with Gasteiger partial charge >= 0.3 is 0 Å². The number of rotatable bonds is 0. The smallest absolute Gasteiger partial charge is 0.0519 e. The van der Waals surface area contributed by atoms with Gasteiger partial charge in [-0.25, -0.2) is 0 Å². The fourth-order valence-corrected chi connectivity index (χ4v) is 4.09. The third-order valence-electron chi connectivity index (χ3n) is 1.74. The Hall–Kier alpha value is 0.780. The Bertz CT molecular complexity index is 89.1. The summed E-state index contributed by atoms with van der Waals surface area (Å²) in [5.74, 6) is 0. The zero-order valence-electron chi connectivity index (χ0n) is 5.43. The Kier molecular flexibility index (Phi) is 2.02. The molecule has 2 nitrogen and oxygen atoms in total. The van der Waals surface area contributed by atoms with Gasteiger partial charge in [0, 0.05) is 25.1 Å². The summed E-state index contributed by atoms with van der Waals surface area (Å²) in [5, 5.41) is 0. The number of hydrogen-bond acceptors (Lipinski definition) is 2. The van der Waals surface area contributed by atoms with Gasteiger partial charge in [-0.1, -0.05) is 17.2 Å². The number of fused-ring (bicyclic) bond motifs is 2. The highest BCUT2D eigenvalue weighted by Gasteiger charge is 2.20. The maximum absolute atomic E-state index is 2.57. The molecule has 2 fully saturated rings. The molecule has 2 aliphatic heterocycles. The van der Waals surface area contributed by atoms with Crippen LogP contribution < -0.4 is 0 Å². The van der Waals surface area contributed by atoms with E-state index < -0.39 is 0 Å². The second-order valence-electron chi connectivity index (χ2n) is 2.62. The van der Waals surface area contributed by atoms with E-state index in [-0.39, 0.29) is 0 Å². The molecule has 0 saturated carbocycles. The van der Waals surface area contributed by atoms with Gasteiger partial charge in [0.1, 0.15) is 0 Å². The van der Waals surface area contributed by atoms with Crippen LogP contribution in [0.15, 0.2) is 0 Å². The molecule has 0 aromatic carbocycles. The fourth-order valence-electron chi connectivity index (χ4n) is 1.33. The molecule has 0 aromatic rings. The summed E-state index contributed by atoms with van der Waals surface area (Å²) in [4.78, 5) is 5.15. The molecule has 0 amide bonds. The molecule has 9 heavy (non-hydrogen) atoms. The first-order valence-corrected chi connectivity index (χ1v) is 6.14. The number of nitrogens with zero attached hydrogens (tertiary/aromatic N) is 2. The third kappa shape index (κ3) is 1.43. The standard InChI is InChI=1S/C5H12N2P2/c1-6-2-8-4-7(1)5-9-3-6/h8-9H,1-5H2. The van der Waals surface area contributed by atoms with Crippen molar-refractivity contribution in [2.75, 3.05) is 31.8 Å². The van der Waals surface area contributed by atoms with Gasteiger partial charge in [0.15, 0.2) is 0 Å². The lowest BCUT2D eigenvalue weighted by atomic mass is 10.7. The second-order valence-corrected chi connectivity index (χ2v) is 4.88. The van der Waals surface area contributed by atoms with Crippen molar-refractivity contribution in [1.29, 1.82) is 0 Å². The molecular weight excluding hydrogens is 150 g/mol. The lowest BCUT2D eigenvalue weighted by Crippen LogP contribution is -2.44. The monoisotopic (exact) mass is 162 g/mol. The summed E-state index contributed by atoms with van der Waals surface area (Å²) in [5.41, 5.74) is 0. The van der Waals surface area contributed by atoms with Crippen molar-refractivity contribution in [2.24, 2.45) is 0 Å². The van der Waals surface area contributed by atoms with E-state index in [1.165, 1.54) is 49.0 Å². The minimum atomic E-state index is 1.18. The lowest BCUT2D eigenvalue weighted by Gasteiger charge is -2.39. The van der Waals surface area contributed by atoms with Crippen molar-refractivity contribution < 1.29 is 0 Å². The van der Waals surface area contributed by atoms with Crippen LogP contribution in [-0.2, 0) is 0 Å². The van der Waals surface area contributed by atoms with Crippen molar-refractivity contribution in [2.45, 2.75) is 0 Å². The molecule has 2 aliphatic rings. The van der Waals surface area contributed by atoms with Crippen molar-refractivity contribution in [3.05, 3.63) is 0 Å². The second kappa shape index (κ2) is 2.80. The first-order valence-electron chi connectivity index (χ1n) is 3.31. The van der Waals surface area contributed by atoms with Gasteiger partial charge in [0.2, 0.25) is 0 Å². The molecule has 2 rings (SSSR count). The maximum atomic E-state index is 2.57. The summed E-state index contributed by atoms with van der Waals surface area (Å²) in [7, 11) is 2.35. The van der Waals surface area contributed by atoms with Crippen molar-refractivity contribution in [3.63, 3.8) is 0 Å². The molecule has 0 atom stereocenters. The Morgan fingerprint density at radius 2 is 1.22 bits per heavy atom. The van der Waals surface area contributed by atoms with Crippen LogP contribution in [0.4, 0.5) is 0 Å². The van der Waals surface area contributed by atoms with Gasteiger partial charge in [-0.2, -0.15) is 0 Å². The molecule has 2 saturated heterocycles.